The first-order valence-electron chi connectivity index (χ1n) is 8.04. The van der Waals surface area contributed by atoms with Gasteiger partial charge in [0.25, 0.3) is 5.91 Å². The van der Waals surface area contributed by atoms with Gasteiger partial charge in [-0.15, -0.1) is 9.24 Å². The normalized spacial score (nSPS) is 13.7. The first kappa shape index (κ1) is 22.3. The van der Waals surface area contributed by atoms with Crippen LogP contribution in [0.4, 0.5) is 4.39 Å². The van der Waals surface area contributed by atoms with E-state index in [-0.39, 0.29) is 24.5 Å². The molecule has 1 aromatic carbocycles. The Morgan fingerprint density at radius 2 is 2.00 bits per heavy atom. The Labute approximate surface area is 154 Å². The zero-order chi connectivity index (χ0) is 20.1. The molecule has 3 unspecified atom stereocenters. The lowest BCUT2D eigenvalue weighted by Gasteiger charge is -2.27. The van der Waals surface area contributed by atoms with Gasteiger partial charge in [-0.1, -0.05) is 13.8 Å². The molecular weight excluding hydrogens is 362 g/mol. The molecule has 0 saturated heterocycles. The molecule has 0 spiro atoms. The van der Waals surface area contributed by atoms with Crippen LogP contribution in [0.1, 0.15) is 31.1 Å². The van der Waals surface area contributed by atoms with Gasteiger partial charge in [-0.2, -0.15) is 0 Å². The zero-order valence-corrected chi connectivity index (χ0v) is 16.5. The fraction of sp³-hybridized carbons (Fsp3) is 0.529. The third-order valence-corrected chi connectivity index (χ3v) is 4.40. The van der Waals surface area contributed by atoms with Crippen molar-refractivity contribution in [1.29, 1.82) is 0 Å². The van der Waals surface area contributed by atoms with Crippen LogP contribution in [-0.2, 0) is 4.79 Å². The van der Waals surface area contributed by atoms with Gasteiger partial charge in [-0.25, -0.2) is 4.39 Å². The van der Waals surface area contributed by atoms with E-state index in [1.165, 1.54) is 19.2 Å². The Balaban J connectivity index is 2.67. The Morgan fingerprint density at radius 1 is 1.38 bits per heavy atom. The summed E-state index contributed by atoms with van der Waals surface area (Å²) in [6.45, 7) is 4.52. The van der Waals surface area contributed by atoms with Crippen LogP contribution in [0.2, 0.25) is 0 Å². The Morgan fingerprint density at radius 3 is 2.54 bits per heavy atom. The van der Waals surface area contributed by atoms with E-state index in [0.29, 0.717) is 5.30 Å². The number of carbonyl (C=O) groups excluding carboxylic acids is 2. The van der Waals surface area contributed by atoms with Crippen molar-refractivity contribution in [3.8, 4) is 5.75 Å². The van der Waals surface area contributed by atoms with Crippen molar-refractivity contribution < 1.29 is 28.9 Å². The molecule has 7 nitrogen and oxygen atoms in total. The van der Waals surface area contributed by atoms with Gasteiger partial charge in [0.1, 0.15) is 6.10 Å². The first-order valence-corrected chi connectivity index (χ1v) is 8.61. The summed E-state index contributed by atoms with van der Waals surface area (Å²) in [5, 5.41) is 24.7. The summed E-state index contributed by atoms with van der Waals surface area (Å²) < 4.78 is 18.5. The summed E-state index contributed by atoms with van der Waals surface area (Å²) in [6, 6.07) is 2.03. The molecule has 26 heavy (non-hydrogen) atoms. The number of hydrogen-bond donors (Lipinski definition) is 4. The van der Waals surface area contributed by atoms with Crippen LogP contribution >= 0.6 is 9.24 Å². The minimum atomic E-state index is -1.38. The van der Waals surface area contributed by atoms with E-state index in [1.807, 2.05) is 0 Å². The average Bonchev–Trinajstić information content (AvgIpc) is 2.58. The molecule has 0 saturated carbocycles. The molecule has 0 bridgehead atoms. The molecule has 3 atom stereocenters. The molecule has 1 aromatic rings. The zero-order valence-electron chi connectivity index (χ0n) is 15.3. The third-order valence-electron chi connectivity index (χ3n) is 3.92. The number of carbonyl (C=O) groups is 2. The second-order valence-corrected chi connectivity index (χ2v) is 7.36. The number of hydrogen-bond acceptors (Lipinski definition) is 5. The second-order valence-electron chi connectivity index (χ2n) is 6.74. The highest BCUT2D eigenvalue weighted by atomic mass is 31.0. The molecule has 1 rings (SSSR count). The van der Waals surface area contributed by atoms with Crippen molar-refractivity contribution in [2.45, 2.75) is 32.9 Å². The van der Waals surface area contributed by atoms with E-state index >= 15 is 0 Å². The Hall–Kier alpha value is -1.76. The average molecular weight is 388 g/mol. The van der Waals surface area contributed by atoms with Crippen LogP contribution in [0, 0.1) is 11.2 Å². The van der Waals surface area contributed by atoms with Crippen LogP contribution < -0.4 is 20.7 Å². The van der Waals surface area contributed by atoms with E-state index in [1.54, 1.807) is 20.8 Å². The fourth-order valence-electron chi connectivity index (χ4n) is 2.07. The van der Waals surface area contributed by atoms with Gasteiger partial charge in [-0.3, -0.25) is 9.59 Å². The molecule has 0 aliphatic carbocycles. The lowest BCUT2D eigenvalue weighted by Crippen LogP contribution is -2.49. The Bertz CT molecular complexity index is 669. The SMILES string of the molecule is COc1cc(C(=O)NC(C)CNC(=O)C(O)C(C)(C)CO)c(P)cc1F. The standard InChI is InChI=1S/C17H26FN2O5P/c1-9(7-19-16(24)14(22)17(2,3)8-21)20-15(23)10-5-12(25-4)11(18)6-13(10)26/h5-6,9,14,21-22H,7-8,26H2,1-4H3,(H,19,24)(H,20,23). The second kappa shape index (κ2) is 9.26. The maximum Gasteiger partial charge on any atom is 0.252 e. The number of ether oxygens (including phenoxy) is 1. The van der Waals surface area contributed by atoms with Gasteiger partial charge in [0.15, 0.2) is 11.6 Å². The number of rotatable bonds is 8. The number of benzene rings is 1. The summed E-state index contributed by atoms with van der Waals surface area (Å²) in [6.07, 6.45) is -1.38. The predicted octanol–water partition coefficient (Wildman–Crippen LogP) is -0.0514. The summed E-state index contributed by atoms with van der Waals surface area (Å²) in [4.78, 5) is 24.3. The maximum absolute atomic E-state index is 13.6. The lowest BCUT2D eigenvalue weighted by atomic mass is 9.87. The van der Waals surface area contributed by atoms with Crippen molar-refractivity contribution in [2.75, 3.05) is 20.3 Å². The van der Waals surface area contributed by atoms with Gasteiger partial charge in [0.05, 0.1) is 19.3 Å². The lowest BCUT2D eigenvalue weighted by molar-refractivity contribution is -0.137. The van der Waals surface area contributed by atoms with Crippen molar-refractivity contribution >= 4 is 26.4 Å². The summed E-state index contributed by atoms with van der Waals surface area (Å²) in [7, 11) is 3.59. The highest BCUT2D eigenvalue weighted by Crippen LogP contribution is 2.20. The van der Waals surface area contributed by atoms with Crippen LogP contribution in [0.15, 0.2) is 12.1 Å². The molecule has 0 aliphatic heterocycles. The molecule has 0 radical (unpaired) electrons. The molecule has 0 aliphatic rings. The van der Waals surface area contributed by atoms with E-state index < -0.39 is 35.2 Å². The molecule has 9 heteroatoms. The van der Waals surface area contributed by atoms with Crippen LogP contribution in [0.25, 0.3) is 0 Å². The van der Waals surface area contributed by atoms with Gasteiger partial charge in [-0.05, 0) is 24.4 Å². The smallest absolute Gasteiger partial charge is 0.252 e. The number of aliphatic hydroxyl groups is 2. The van der Waals surface area contributed by atoms with Gasteiger partial charge >= 0.3 is 0 Å². The molecule has 0 aromatic heterocycles. The summed E-state index contributed by atoms with van der Waals surface area (Å²) in [5.41, 5.74) is -0.747. The number of nitrogens with one attached hydrogen (secondary N) is 2. The van der Waals surface area contributed by atoms with Gasteiger partial charge in [0, 0.05) is 18.0 Å². The van der Waals surface area contributed by atoms with Crippen LogP contribution in [0.5, 0.6) is 5.75 Å². The van der Waals surface area contributed by atoms with Crippen molar-refractivity contribution in [1.82, 2.24) is 10.6 Å². The van der Waals surface area contributed by atoms with Gasteiger partial charge in [0.2, 0.25) is 5.91 Å². The number of halogens is 1. The number of methoxy groups -OCH3 is 1. The minimum Gasteiger partial charge on any atom is -0.494 e. The summed E-state index contributed by atoms with van der Waals surface area (Å²) in [5.74, 6) is -1.71. The number of aliphatic hydroxyl groups excluding tert-OH is 2. The van der Waals surface area contributed by atoms with Gasteiger partial charge < -0.3 is 25.6 Å². The van der Waals surface area contributed by atoms with Crippen LogP contribution in [0.3, 0.4) is 0 Å². The maximum atomic E-state index is 13.6. The molecule has 0 heterocycles. The first-order chi connectivity index (χ1) is 12.0. The molecule has 0 fully saturated rings. The highest BCUT2D eigenvalue weighted by molar-refractivity contribution is 7.27. The molecule has 146 valence electrons. The van der Waals surface area contributed by atoms with E-state index in [9.17, 15) is 24.2 Å². The number of amides is 2. The third kappa shape index (κ3) is 5.62. The largest absolute Gasteiger partial charge is 0.494 e. The van der Waals surface area contributed by atoms with Crippen LogP contribution in [-0.4, -0.2) is 54.4 Å². The topological polar surface area (TPSA) is 108 Å². The van der Waals surface area contributed by atoms with E-state index in [2.05, 4.69) is 19.9 Å². The quantitative estimate of drug-likeness (QED) is 0.467. The monoisotopic (exact) mass is 388 g/mol. The van der Waals surface area contributed by atoms with Crippen molar-refractivity contribution in [3.63, 3.8) is 0 Å². The fourth-order valence-corrected chi connectivity index (χ4v) is 2.43. The van der Waals surface area contributed by atoms with Crippen molar-refractivity contribution in [2.24, 2.45) is 5.41 Å². The Kier molecular flexibility index (Phi) is 7.93. The highest BCUT2D eigenvalue weighted by Gasteiger charge is 2.33. The van der Waals surface area contributed by atoms with E-state index in [4.69, 9.17) is 4.74 Å². The predicted molar refractivity (Wildman–Crippen MR) is 99.1 cm³/mol. The minimum absolute atomic E-state index is 0.0448. The molecule has 4 N–H and O–H groups in total. The van der Waals surface area contributed by atoms with Crippen molar-refractivity contribution in [3.05, 3.63) is 23.5 Å². The molecule has 2 amide bonds. The summed E-state index contributed by atoms with van der Waals surface area (Å²) >= 11 is 0. The molecular formula is C17H26FN2O5P. The van der Waals surface area contributed by atoms with E-state index in [0.717, 1.165) is 0 Å².